The molecule has 1 aliphatic heterocycles. The van der Waals surface area contributed by atoms with Gasteiger partial charge in [0.05, 0.1) is 6.10 Å². The van der Waals surface area contributed by atoms with Crippen molar-refractivity contribution in [2.24, 2.45) is 0 Å². The van der Waals surface area contributed by atoms with Crippen LogP contribution in [0.3, 0.4) is 0 Å². The van der Waals surface area contributed by atoms with Gasteiger partial charge in [-0.05, 0) is 44.5 Å². The van der Waals surface area contributed by atoms with Gasteiger partial charge in [0.15, 0.2) is 0 Å². The summed E-state index contributed by atoms with van der Waals surface area (Å²) < 4.78 is 0. The third-order valence-electron chi connectivity index (χ3n) is 3.64. The first-order valence-corrected chi connectivity index (χ1v) is 6.92. The molecule has 1 fully saturated rings. The fourth-order valence-electron chi connectivity index (χ4n) is 2.45. The Hall–Kier alpha value is -1.39. The monoisotopic (exact) mass is 262 g/mol. The molecule has 4 nitrogen and oxygen atoms in total. The van der Waals surface area contributed by atoms with Crippen molar-refractivity contribution < 1.29 is 9.90 Å². The molecule has 0 saturated carbocycles. The molecular weight excluding hydrogens is 240 g/mol. The van der Waals surface area contributed by atoms with Crippen LogP contribution < -0.4 is 5.32 Å². The second-order valence-electron chi connectivity index (χ2n) is 5.03. The van der Waals surface area contributed by atoms with Crippen LogP contribution >= 0.6 is 0 Å². The SMILES string of the molecule is CNCCc1ccccc1C(=O)N1CCC(O)CC1. The molecular formula is C15H22N2O2. The van der Waals surface area contributed by atoms with Crippen LogP contribution in [0.5, 0.6) is 0 Å². The molecule has 104 valence electrons. The van der Waals surface area contributed by atoms with E-state index in [1.165, 1.54) is 0 Å². The molecule has 1 aromatic carbocycles. The van der Waals surface area contributed by atoms with Gasteiger partial charge >= 0.3 is 0 Å². The number of likely N-dealkylation sites (tertiary alicyclic amines) is 1. The van der Waals surface area contributed by atoms with Gasteiger partial charge < -0.3 is 15.3 Å². The third-order valence-corrected chi connectivity index (χ3v) is 3.64. The van der Waals surface area contributed by atoms with Gasteiger partial charge in [-0.25, -0.2) is 0 Å². The number of nitrogens with zero attached hydrogens (tertiary/aromatic N) is 1. The van der Waals surface area contributed by atoms with Gasteiger partial charge in [0.25, 0.3) is 5.91 Å². The lowest BCUT2D eigenvalue weighted by atomic mass is 10.0. The molecule has 1 heterocycles. The predicted octanol–water partition coefficient (Wildman–Crippen LogP) is 1.05. The van der Waals surface area contributed by atoms with Gasteiger partial charge in [0.1, 0.15) is 0 Å². The summed E-state index contributed by atoms with van der Waals surface area (Å²) >= 11 is 0. The van der Waals surface area contributed by atoms with Crippen LogP contribution in [0.1, 0.15) is 28.8 Å². The first-order valence-electron chi connectivity index (χ1n) is 6.92. The molecule has 1 aliphatic rings. The van der Waals surface area contributed by atoms with Crippen molar-refractivity contribution >= 4 is 5.91 Å². The summed E-state index contributed by atoms with van der Waals surface area (Å²) in [6.07, 6.45) is 1.98. The molecule has 2 N–H and O–H groups in total. The molecule has 19 heavy (non-hydrogen) atoms. The largest absolute Gasteiger partial charge is 0.393 e. The van der Waals surface area contributed by atoms with Gasteiger partial charge in [-0.15, -0.1) is 0 Å². The Morgan fingerprint density at radius 2 is 2.05 bits per heavy atom. The summed E-state index contributed by atoms with van der Waals surface area (Å²) in [4.78, 5) is 14.4. The highest BCUT2D eigenvalue weighted by Gasteiger charge is 2.23. The minimum atomic E-state index is -0.247. The maximum atomic E-state index is 12.5. The van der Waals surface area contributed by atoms with Gasteiger partial charge in [-0.1, -0.05) is 18.2 Å². The van der Waals surface area contributed by atoms with E-state index >= 15 is 0 Å². The molecule has 1 amide bonds. The second-order valence-corrected chi connectivity index (χ2v) is 5.03. The number of likely N-dealkylation sites (N-methyl/N-ethyl adjacent to an activating group) is 1. The smallest absolute Gasteiger partial charge is 0.254 e. The molecule has 0 aromatic heterocycles. The van der Waals surface area contributed by atoms with Gasteiger partial charge in [-0.2, -0.15) is 0 Å². The molecule has 2 rings (SSSR count). The third kappa shape index (κ3) is 3.55. The van der Waals surface area contributed by atoms with Crippen molar-refractivity contribution in [1.29, 1.82) is 0 Å². The van der Waals surface area contributed by atoms with Crippen molar-refractivity contribution in [2.45, 2.75) is 25.4 Å². The number of aliphatic hydroxyl groups is 1. The highest BCUT2D eigenvalue weighted by atomic mass is 16.3. The van der Waals surface area contributed by atoms with Crippen molar-refractivity contribution in [3.63, 3.8) is 0 Å². The van der Waals surface area contributed by atoms with E-state index in [9.17, 15) is 9.90 Å². The van der Waals surface area contributed by atoms with E-state index in [1.807, 2.05) is 36.2 Å². The topological polar surface area (TPSA) is 52.6 Å². The first-order chi connectivity index (χ1) is 9.22. The number of hydrogen-bond donors (Lipinski definition) is 2. The number of piperidine rings is 1. The average Bonchev–Trinajstić information content (AvgIpc) is 2.45. The number of amides is 1. The van der Waals surface area contributed by atoms with Crippen LogP contribution in [0, 0.1) is 0 Å². The van der Waals surface area contributed by atoms with E-state index in [2.05, 4.69) is 5.32 Å². The fourth-order valence-corrected chi connectivity index (χ4v) is 2.45. The normalized spacial score (nSPS) is 16.6. The van der Waals surface area contributed by atoms with E-state index in [0.29, 0.717) is 25.9 Å². The summed E-state index contributed by atoms with van der Waals surface area (Å²) in [6.45, 7) is 2.17. The van der Waals surface area contributed by atoms with Crippen LogP contribution in [-0.4, -0.2) is 48.7 Å². The minimum Gasteiger partial charge on any atom is -0.393 e. The van der Waals surface area contributed by atoms with E-state index in [-0.39, 0.29) is 12.0 Å². The number of nitrogens with one attached hydrogen (secondary N) is 1. The zero-order chi connectivity index (χ0) is 13.7. The Morgan fingerprint density at radius 3 is 2.74 bits per heavy atom. The lowest BCUT2D eigenvalue weighted by molar-refractivity contribution is 0.0545. The Bertz CT molecular complexity index is 426. The molecule has 0 radical (unpaired) electrons. The molecule has 0 unspecified atom stereocenters. The number of carbonyl (C=O) groups excluding carboxylic acids is 1. The summed E-state index contributed by atoms with van der Waals surface area (Å²) in [5.41, 5.74) is 1.89. The van der Waals surface area contributed by atoms with Crippen LogP contribution in [0.15, 0.2) is 24.3 Å². The molecule has 0 spiro atoms. The lowest BCUT2D eigenvalue weighted by Gasteiger charge is -2.30. The van der Waals surface area contributed by atoms with E-state index < -0.39 is 0 Å². The molecule has 1 saturated heterocycles. The lowest BCUT2D eigenvalue weighted by Crippen LogP contribution is -2.40. The number of carbonyl (C=O) groups is 1. The first kappa shape index (κ1) is 14.0. The highest BCUT2D eigenvalue weighted by Crippen LogP contribution is 2.17. The number of rotatable bonds is 4. The van der Waals surface area contributed by atoms with Gasteiger partial charge in [0.2, 0.25) is 0 Å². The zero-order valence-electron chi connectivity index (χ0n) is 11.4. The van der Waals surface area contributed by atoms with Crippen LogP contribution in [0.25, 0.3) is 0 Å². The Balaban J connectivity index is 2.09. The summed E-state index contributed by atoms with van der Waals surface area (Å²) in [5, 5.41) is 12.6. The quantitative estimate of drug-likeness (QED) is 0.852. The Kier molecular flexibility index (Phi) is 4.93. The summed E-state index contributed by atoms with van der Waals surface area (Å²) in [5.74, 6) is 0.0959. The summed E-state index contributed by atoms with van der Waals surface area (Å²) in [6, 6.07) is 7.80. The Labute approximate surface area is 114 Å². The van der Waals surface area contributed by atoms with Crippen molar-refractivity contribution in [3.05, 3.63) is 35.4 Å². The minimum absolute atomic E-state index is 0.0959. The van der Waals surface area contributed by atoms with Crippen LogP contribution in [-0.2, 0) is 6.42 Å². The van der Waals surface area contributed by atoms with Gasteiger partial charge in [-0.3, -0.25) is 4.79 Å². The van der Waals surface area contributed by atoms with E-state index in [0.717, 1.165) is 24.1 Å². The number of hydrogen-bond acceptors (Lipinski definition) is 3. The predicted molar refractivity (Wildman–Crippen MR) is 75.2 cm³/mol. The molecule has 0 aliphatic carbocycles. The number of benzene rings is 1. The maximum Gasteiger partial charge on any atom is 0.254 e. The zero-order valence-corrected chi connectivity index (χ0v) is 11.4. The molecule has 4 heteroatoms. The van der Waals surface area contributed by atoms with E-state index in [4.69, 9.17) is 0 Å². The van der Waals surface area contributed by atoms with E-state index in [1.54, 1.807) is 0 Å². The second kappa shape index (κ2) is 6.68. The fraction of sp³-hybridized carbons (Fsp3) is 0.533. The van der Waals surface area contributed by atoms with Crippen LogP contribution in [0.2, 0.25) is 0 Å². The van der Waals surface area contributed by atoms with Crippen molar-refractivity contribution in [3.8, 4) is 0 Å². The number of aliphatic hydroxyl groups excluding tert-OH is 1. The Morgan fingerprint density at radius 1 is 1.37 bits per heavy atom. The van der Waals surface area contributed by atoms with Crippen LogP contribution in [0.4, 0.5) is 0 Å². The molecule has 0 atom stereocenters. The van der Waals surface area contributed by atoms with Crippen molar-refractivity contribution in [2.75, 3.05) is 26.7 Å². The van der Waals surface area contributed by atoms with Gasteiger partial charge in [0, 0.05) is 18.7 Å². The van der Waals surface area contributed by atoms with Crippen molar-refractivity contribution in [1.82, 2.24) is 10.2 Å². The molecule has 1 aromatic rings. The highest BCUT2D eigenvalue weighted by molar-refractivity contribution is 5.95. The standard InChI is InChI=1S/C15H22N2O2/c1-16-9-6-12-4-2-3-5-14(12)15(19)17-10-7-13(18)8-11-17/h2-5,13,16,18H,6-11H2,1H3. The summed E-state index contributed by atoms with van der Waals surface area (Å²) in [7, 11) is 1.91. The maximum absolute atomic E-state index is 12.5. The molecule has 0 bridgehead atoms. The average molecular weight is 262 g/mol.